The molecule has 0 aliphatic carbocycles. The van der Waals surface area contributed by atoms with Gasteiger partial charge in [-0.15, -0.1) is 0 Å². The van der Waals surface area contributed by atoms with Gasteiger partial charge in [-0.1, -0.05) is 32.0 Å². The van der Waals surface area contributed by atoms with E-state index in [4.69, 9.17) is 4.74 Å². The van der Waals surface area contributed by atoms with E-state index in [1.807, 2.05) is 24.3 Å². The van der Waals surface area contributed by atoms with Crippen LogP contribution in [0, 0.1) is 5.92 Å². The van der Waals surface area contributed by atoms with Crippen molar-refractivity contribution in [2.45, 2.75) is 20.4 Å². The highest BCUT2D eigenvalue weighted by molar-refractivity contribution is 5.92. The van der Waals surface area contributed by atoms with Crippen LogP contribution in [-0.2, 0) is 6.54 Å². The van der Waals surface area contributed by atoms with E-state index in [-0.39, 0.29) is 5.91 Å². The second kappa shape index (κ2) is 8.12. The fraction of sp³-hybridized carbons (Fsp3) is 0.353. The van der Waals surface area contributed by atoms with Gasteiger partial charge in [-0.25, -0.2) is 9.97 Å². The molecule has 1 aromatic carbocycles. The number of amides is 1. The summed E-state index contributed by atoms with van der Waals surface area (Å²) in [6.07, 6.45) is 1.39. The van der Waals surface area contributed by atoms with Crippen molar-refractivity contribution in [3.05, 3.63) is 47.9 Å². The van der Waals surface area contributed by atoms with Crippen molar-refractivity contribution in [1.82, 2.24) is 15.3 Å². The zero-order valence-corrected chi connectivity index (χ0v) is 13.7. The lowest BCUT2D eigenvalue weighted by Gasteiger charge is -2.10. The largest absolute Gasteiger partial charge is 0.496 e. The summed E-state index contributed by atoms with van der Waals surface area (Å²) in [6, 6.07) is 9.22. The highest BCUT2D eigenvalue weighted by atomic mass is 16.5. The van der Waals surface area contributed by atoms with Gasteiger partial charge in [0.2, 0.25) is 0 Å². The van der Waals surface area contributed by atoms with Crippen molar-refractivity contribution in [3.63, 3.8) is 0 Å². The van der Waals surface area contributed by atoms with Crippen LogP contribution >= 0.6 is 0 Å². The maximum Gasteiger partial charge on any atom is 0.270 e. The average Bonchev–Trinajstić information content (AvgIpc) is 2.58. The first kappa shape index (κ1) is 16.7. The molecule has 1 heterocycles. The number of anilines is 1. The van der Waals surface area contributed by atoms with E-state index in [2.05, 4.69) is 34.4 Å². The Bertz CT molecular complexity index is 659. The van der Waals surface area contributed by atoms with Gasteiger partial charge in [0.05, 0.1) is 7.11 Å². The number of carbonyl (C=O) groups excluding carboxylic acids is 1. The number of carbonyl (C=O) groups is 1. The van der Waals surface area contributed by atoms with Crippen molar-refractivity contribution in [2.75, 3.05) is 19.0 Å². The summed E-state index contributed by atoms with van der Waals surface area (Å²) in [7, 11) is 1.61. The fourth-order valence-corrected chi connectivity index (χ4v) is 2.00. The maximum absolute atomic E-state index is 12.2. The first-order valence-corrected chi connectivity index (χ1v) is 7.56. The third-order valence-corrected chi connectivity index (χ3v) is 3.22. The minimum atomic E-state index is -0.245. The molecular weight excluding hydrogens is 292 g/mol. The Balaban J connectivity index is 1.99. The van der Waals surface area contributed by atoms with E-state index < -0.39 is 0 Å². The predicted molar refractivity (Wildman–Crippen MR) is 89.5 cm³/mol. The molecule has 1 amide bonds. The highest BCUT2D eigenvalue weighted by Crippen LogP contribution is 2.16. The molecule has 0 atom stereocenters. The summed E-state index contributed by atoms with van der Waals surface area (Å²) in [4.78, 5) is 20.4. The Labute approximate surface area is 136 Å². The van der Waals surface area contributed by atoms with Gasteiger partial charge in [-0.05, 0) is 12.0 Å². The van der Waals surface area contributed by atoms with Crippen LogP contribution in [0.5, 0.6) is 5.75 Å². The number of ether oxygens (including phenoxy) is 1. The topological polar surface area (TPSA) is 76.1 Å². The summed E-state index contributed by atoms with van der Waals surface area (Å²) in [5, 5.41) is 6.03. The Morgan fingerprint density at radius 3 is 2.78 bits per heavy atom. The van der Waals surface area contributed by atoms with Crippen molar-refractivity contribution in [2.24, 2.45) is 5.92 Å². The number of rotatable bonds is 7. The number of aromatic nitrogens is 2. The lowest BCUT2D eigenvalue weighted by atomic mass is 10.2. The summed E-state index contributed by atoms with van der Waals surface area (Å²) in [5.41, 5.74) is 1.25. The second-order valence-corrected chi connectivity index (χ2v) is 5.56. The molecule has 0 radical (unpaired) electrons. The Morgan fingerprint density at radius 1 is 1.26 bits per heavy atom. The van der Waals surface area contributed by atoms with Crippen LogP contribution in [0.3, 0.4) is 0 Å². The molecule has 0 bridgehead atoms. The van der Waals surface area contributed by atoms with Crippen LogP contribution in [0.15, 0.2) is 36.7 Å². The number of methoxy groups -OCH3 is 1. The summed E-state index contributed by atoms with van der Waals surface area (Å²) >= 11 is 0. The van der Waals surface area contributed by atoms with Gasteiger partial charge in [-0.2, -0.15) is 0 Å². The molecule has 2 N–H and O–H groups in total. The molecule has 1 aromatic heterocycles. The summed E-state index contributed by atoms with van der Waals surface area (Å²) < 4.78 is 5.27. The minimum absolute atomic E-state index is 0.245. The van der Waals surface area contributed by atoms with Gasteiger partial charge in [0, 0.05) is 24.7 Å². The summed E-state index contributed by atoms with van der Waals surface area (Å²) in [6.45, 7) is 5.38. The van der Waals surface area contributed by atoms with Crippen molar-refractivity contribution in [3.8, 4) is 5.75 Å². The lowest BCUT2D eigenvalue weighted by Crippen LogP contribution is -2.24. The first-order valence-electron chi connectivity index (χ1n) is 7.56. The molecule has 0 spiro atoms. The average molecular weight is 314 g/mol. The number of para-hydroxylation sites is 1. The molecule has 6 heteroatoms. The van der Waals surface area contributed by atoms with Crippen molar-refractivity contribution >= 4 is 11.7 Å². The molecule has 0 aliphatic heterocycles. The van der Waals surface area contributed by atoms with Crippen LogP contribution in [0.25, 0.3) is 0 Å². The number of nitrogens with one attached hydrogen (secondary N) is 2. The highest BCUT2D eigenvalue weighted by Gasteiger charge is 2.10. The molecular formula is C17H22N4O2. The Hall–Kier alpha value is -2.63. The molecule has 2 rings (SSSR count). The van der Waals surface area contributed by atoms with E-state index in [9.17, 15) is 4.79 Å². The third-order valence-electron chi connectivity index (χ3n) is 3.22. The second-order valence-electron chi connectivity index (χ2n) is 5.56. The van der Waals surface area contributed by atoms with Crippen LogP contribution in [-0.4, -0.2) is 29.5 Å². The molecule has 0 fully saturated rings. The number of hydrogen-bond donors (Lipinski definition) is 2. The molecule has 0 saturated heterocycles. The van der Waals surface area contributed by atoms with Crippen LogP contribution in [0.1, 0.15) is 29.9 Å². The molecule has 122 valence electrons. The van der Waals surface area contributed by atoms with Crippen LogP contribution < -0.4 is 15.4 Å². The monoisotopic (exact) mass is 314 g/mol. The zero-order chi connectivity index (χ0) is 16.7. The van der Waals surface area contributed by atoms with Gasteiger partial charge >= 0.3 is 0 Å². The van der Waals surface area contributed by atoms with E-state index in [1.165, 1.54) is 6.33 Å². The Kier molecular flexibility index (Phi) is 5.91. The maximum atomic E-state index is 12.2. The van der Waals surface area contributed by atoms with Crippen LogP contribution in [0.2, 0.25) is 0 Å². The quantitative estimate of drug-likeness (QED) is 0.821. The third kappa shape index (κ3) is 4.95. The molecule has 2 aromatic rings. The first-order chi connectivity index (χ1) is 11.1. The van der Waals surface area contributed by atoms with Gasteiger partial charge in [0.25, 0.3) is 5.91 Å². The lowest BCUT2D eigenvalue weighted by molar-refractivity contribution is 0.0945. The number of hydrogen-bond acceptors (Lipinski definition) is 5. The molecule has 6 nitrogen and oxygen atoms in total. The SMILES string of the molecule is COc1ccccc1CNC(=O)c1cc(NCC(C)C)ncn1. The number of benzene rings is 1. The number of nitrogens with zero attached hydrogens (tertiary/aromatic N) is 2. The van der Waals surface area contributed by atoms with Gasteiger partial charge in [-0.3, -0.25) is 4.79 Å². The van der Waals surface area contributed by atoms with Gasteiger partial charge in [0.1, 0.15) is 23.6 Å². The smallest absolute Gasteiger partial charge is 0.270 e. The normalized spacial score (nSPS) is 10.4. The summed E-state index contributed by atoms with van der Waals surface area (Å²) in [5.74, 6) is 1.64. The van der Waals surface area contributed by atoms with E-state index in [1.54, 1.807) is 13.2 Å². The van der Waals surface area contributed by atoms with Gasteiger partial charge < -0.3 is 15.4 Å². The fourth-order valence-electron chi connectivity index (χ4n) is 2.00. The minimum Gasteiger partial charge on any atom is -0.496 e. The predicted octanol–water partition coefficient (Wildman–Crippen LogP) is 2.48. The molecule has 0 unspecified atom stereocenters. The molecule has 0 saturated carbocycles. The van der Waals surface area contributed by atoms with Gasteiger partial charge in [0.15, 0.2) is 0 Å². The van der Waals surface area contributed by atoms with E-state index in [0.717, 1.165) is 17.9 Å². The molecule has 23 heavy (non-hydrogen) atoms. The van der Waals surface area contributed by atoms with E-state index in [0.29, 0.717) is 24.0 Å². The standard InChI is InChI=1S/C17H22N4O2/c1-12(2)9-18-16-8-14(20-11-21-16)17(22)19-10-13-6-4-5-7-15(13)23-3/h4-8,11-12H,9-10H2,1-3H3,(H,19,22)(H,18,20,21). The van der Waals surface area contributed by atoms with Crippen molar-refractivity contribution in [1.29, 1.82) is 0 Å². The zero-order valence-electron chi connectivity index (χ0n) is 13.7. The van der Waals surface area contributed by atoms with E-state index >= 15 is 0 Å². The molecule has 0 aliphatic rings. The van der Waals surface area contributed by atoms with Crippen molar-refractivity contribution < 1.29 is 9.53 Å². The Morgan fingerprint density at radius 2 is 2.04 bits per heavy atom. The van der Waals surface area contributed by atoms with Crippen LogP contribution in [0.4, 0.5) is 5.82 Å².